The maximum absolute atomic E-state index is 12.4. The first kappa shape index (κ1) is 19.5. The summed E-state index contributed by atoms with van der Waals surface area (Å²) in [6.45, 7) is 1.01. The van der Waals surface area contributed by atoms with Gasteiger partial charge < -0.3 is 14.5 Å². The minimum Gasteiger partial charge on any atom is -0.418 e. The molecule has 0 spiro atoms. The van der Waals surface area contributed by atoms with Crippen LogP contribution in [0.3, 0.4) is 0 Å². The van der Waals surface area contributed by atoms with Gasteiger partial charge in [0.15, 0.2) is 0 Å². The van der Waals surface area contributed by atoms with E-state index in [9.17, 15) is 13.2 Å². The van der Waals surface area contributed by atoms with Crippen molar-refractivity contribution < 1.29 is 22.4 Å². The van der Waals surface area contributed by atoms with Gasteiger partial charge in [-0.25, -0.2) is 9.71 Å². The molecule has 1 aromatic carbocycles. The summed E-state index contributed by atoms with van der Waals surface area (Å²) in [6.07, 6.45) is 7.69. The summed E-state index contributed by atoms with van der Waals surface area (Å²) >= 11 is 0. The van der Waals surface area contributed by atoms with Crippen LogP contribution in [0.25, 0.3) is 0 Å². The van der Waals surface area contributed by atoms with Crippen LogP contribution in [-0.2, 0) is 40.6 Å². The third kappa shape index (κ3) is 3.59. The van der Waals surface area contributed by atoms with Gasteiger partial charge in [0.2, 0.25) is 5.76 Å². The minimum atomic E-state index is -3.95. The molecule has 0 unspecified atom stereocenters. The highest BCUT2D eigenvalue weighted by atomic mass is 32.2. The smallest absolute Gasteiger partial charge is 0.304 e. The number of anilines is 2. The molecular formula is C20H24N4O5S. The quantitative estimate of drug-likeness (QED) is 0.739. The number of aryl methyl sites for hydroxylation is 2. The van der Waals surface area contributed by atoms with Crippen molar-refractivity contribution in [3.63, 3.8) is 0 Å². The molecule has 2 aliphatic carbocycles. The van der Waals surface area contributed by atoms with Gasteiger partial charge in [-0.05, 0) is 60.8 Å². The number of oxazole rings is 1. The number of carbonyl (C=O) groups is 1. The van der Waals surface area contributed by atoms with E-state index < -0.39 is 16.1 Å². The van der Waals surface area contributed by atoms with Crippen molar-refractivity contribution in [2.75, 3.05) is 31.6 Å². The SMILES string of the molecule is O=C(NS(=O)(=O)N1CCOCC1)c1cnc(Nc2c3c(cc4c2CCC4)CCC3)o1. The molecular weight excluding hydrogens is 408 g/mol. The summed E-state index contributed by atoms with van der Waals surface area (Å²) in [5, 5.41) is 3.27. The molecule has 0 saturated carbocycles. The number of amides is 1. The van der Waals surface area contributed by atoms with E-state index in [1.54, 1.807) is 0 Å². The van der Waals surface area contributed by atoms with Gasteiger partial charge in [0.25, 0.3) is 6.01 Å². The van der Waals surface area contributed by atoms with Gasteiger partial charge in [-0.15, -0.1) is 0 Å². The molecule has 2 N–H and O–H groups in total. The van der Waals surface area contributed by atoms with Crippen LogP contribution in [0.2, 0.25) is 0 Å². The maximum Gasteiger partial charge on any atom is 0.304 e. The molecule has 0 radical (unpaired) electrons. The van der Waals surface area contributed by atoms with E-state index in [2.05, 4.69) is 16.4 Å². The second-order valence-electron chi connectivity index (χ2n) is 7.84. The van der Waals surface area contributed by atoms with Gasteiger partial charge in [-0.3, -0.25) is 4.79 Å². The standard InChI is InChI=1S/C20H24N4O5S/c25-19(23-30(26,27)24-7-9-28-10-8-24)17-12-21-20(29-17)22-18-15-5-1-3-13(15)11-14-4-2-6-16(14)18/h11-12H,1-10H2,(H,21,22)(H,23,25). The summed E-state index contributed by atoms with van der Waals surface area (Å²) in [5.41, 5.74) is 6.40. The number of rotatable bonds is 5. The highest BCUT2D eigenvalue weighted by Crippen LogP contribution is 2.39. The molecule has 9 nitrogen and oxygen atoms in total. The zero-order valence-electron chi connectivity index (χ0n) is 16.6. The van der Waals surface area contributed by atoms with Gasteiger partial charge in [-0.2, -0.15) is 12.7 Å². The summed E-state index contributed by atoms with van der Waals surface area (Å²) in [5.74, 6) is -0.996. The highest BCUT2D eigenvalue weighted by Gasteiger charge is 2.29. The third-order valence-electron chi connectivity index (χ3n) is 5.97. The van der Waals surface area contributed by atoms with Crippen molar-refractivity contribution in [3.8, 4) is 0 Å². The first-order chi connectivity index (χ1) is 14.5. The third-order valence-corrected chi connectivity index (χ3v) is 7.45. The highest BCUT2D eigenvalue weighted by molar-refractivity contribution is 7.87. The van der Waals surface area contributed by atoms with E-state index in [1.807, 2.05) is 4.72 Å². The van der Waals surface area contributed by atoms with E-state index >= 15 is 0 Å². The van der Waals surface area contributed by atoms with Crippen molar-refractivity contribution in [2.24, 2.45) is 0 Å². The lowest BCUT2D eigenvalue weighted by Gasteiger charge is -2.25. The second kappa shape index (κ2) is 7.68. The van der Waals surface area contributed by atoms with Crippen LogP contribution < -0.4 is 10.0 Å². The number of benzene rings is 1. The van der Waals surface area contributed by atoms with Crippen LogP contribution >= 0.6 is 0 Å². The fourth-order valence-corrected chi connectivity index (χ4v) is 5.62. The van der Waals surface area contributed by atoms with Crippen molar-refractivity contribution in [3.05, 3.63) is 40.3 Å². The van der Waals surface area contributed by atoms with E-state index in [-0.39, 0.29) is 24.9 Å². The van der Waals surface area contributed by atoms with Crippen molar-refractivity contribution >= 4 is 27.8 Å². The molecule has 0 atom stereocenters. The normalized spacial score (nSPS) is 18.8. The van der Waals surface area contributed by atoms with Gasteiger partial charge in [0.1, 0.15) is 0 Å². The summed E-state index contributed by atoms with van der Waals surface area (Å²) in [6, 6.07) is 2.53. The zero-order valence-corrected chi connectivity index (χ0v) is 17.4. The van der Waals surface area contributed by atoms with E-state index in [1.165, 1.54) is 32.8 Å². The molecule has 1 amide bonds. The van der Waals surface area contributed by atoms with E-state index in [0.29, 0.717) is 13.2 Å². The molecule has 5 rings (SSSR count). The average Bonchev–Trinajstić information content (AvgIpc) is 3.48. The molecule has 1 aliphatic heterocycles. The Bertz CT molecular complexity index is 1060. The fourth-order valence-electron chi connectivity index (χ4n) is 4.53. The van der Waals surface area contributed by atoms with Crippen LogP contribution in [0.1, 0.15) is 45.7 Å². The molecule has 2 aromatic rings. The first-order valence-electron chi connectivity index (χ1n) is 10.3. The number of ether oxygens (including phenoxy) is 1. The number of nitrogens with one attached hydrogen (secondary N) is 2. The Hall–Kier alpha value is -2.43. The number of hydrogen-bond donors (Lipinski definition) is 2. The Morgan fingerprint density at radius 1 is 1.03 bits per heavy atom. The van der Waals surface area contributed by atoms with Gasteiger partial charge >= 0.3 is 16.1 Å². The monoisotopic (exact) mass is 432 g/mol. The molecule has 1 aromatic heterocycles. The molecule has 160 valence electrons. The van der Waals surface area contributed by atoms with E-state index in [0.717, 1.165) is 44.2 Å². The molecule has 0 bridgehead atoms. The second-order valence-corrected chi connectivity index (χ2v) is 9.51. The molecule has 1 saturated heterocycles. The summed E-state index contributed by atoms with van der Waals surface area (Å²) in [4.78, 5) is 16.6. The number of morpholine rings is 1. The number of hydrogen-bond acceptors (Lipinski definition) is 7. The van der Waals surface area contributed by atoms with Crippen LogP contribution in [0, 0.1) is 0 Å². The Kier molecular flexibility index (Phi) is 5.00. The minimum absolute atomic E-state index is 0.154. The van der Waals surface area contributed by atoms with Crippen molar-refractivity contribution in [1.82, 2.24) is 14.0 Å². The summed E-state index contributed by atoms with van der Waals surface area (Å²) in [7, 11) is -3.95. The molecule has 10 heteroatoms. The van der Waals surface area contributed by atoms with E-state index in [4.69, 9.17) is 9.15 Å². The number of nitrogens with zero attached hydrogens (tertiary/aromatic N) is 2. The van der Waals surface area contributed by atoms with Crippen molar-refractivity contribution in [2.45, 2.75) is 38.5 Å². The predicted molar refractivity (Wildman–Crippen MR) is 109 cm³/mol. The first-order valence-corrected chi connectivity index (χ1v) is 11.7. The van der Waals surface area contributed by atoms with Crippen LogP contribution in [0.4, 0.5) is 11.7 Å². The Labute approximate surface area is 175 Å². The molecule has 3 aliphatic rings. The molecule has 1 fully saturated rings. The van der Waals surface area contributed by atoms with Crippen molar-refractivity contribution in [1.29, 1.82) is 0 Å². The predicted octanol–water partition coefficient (Wildman–Crippen LogP) is 1.70. The lowest BCUT2D eigenvalue weighted by atomic mass is 9.99. The lowest BCUT2D eigenvalue weighted by molar-refractivity contribution is 0.0717. The van der Waals surface area contributed by atoms with Gasteiger partial charge in [0, 0.05) is 18.8 Å². The van der Waals surface area contributed by atoms with Gasteiger partial charge in [-0.1, -0.05) is 6.07 Å². The average molecular weight is 433 g/mol. The zero-order chi connectivity index (χ0) is 20.7. The fraction of sp³-hybridized carbons (Fsp3) is 0.500. The number of carbonyl (C=O) groups excluding carboxylic acids is 1. The number of aromatic nitrogens is 1. The number of fused-ring (bicyclic) bond motifs is 2. The van der Waals surface area contributed by atoms with Crippen LogP contribution in [-0.4, -0.2) is 49.9 Å². The van der Waals surface area contributed by atoms with Crippen LogP contribution in [0.15, 0.2) is 16.7 Å². The Morgan fingerprint density at radius 2 is 1.70 bits per heavy atom. The van der Waals surface area contributed by atoms with Gasteiger partial charge in [0.05, 0.1) is 19.4 Å². The Balaban J connectivity index is 1.34. The maximum atomic E-state index is 12.4. The molecule has 2 heterocycles. The largest absolute Gasteiger partial charge is 0.418 e. The molecule has 30 heavy (non-hydrogen) atoms. The topological polar surface area (TPSA) is 114 Å². The lowest BCUT2D eigenvalue weighted by Crippen LogP contribution is -2.48. The Morgan fingerprint density at radius 3 is 2.37 bits per heavy atom. The van der Waals surface area contributed by atoms with Crippen LogP contribution in [0.5, 0.6) is 0 Å². The summed E-state index contributed by atoms with van der Waals surface area (Å²) < 4.78 is 38.7.